The summed E-state index contributed by atoms with van der Waals surface area (Å²) in [4.78, 5) is 0. The highest BCUT2D eigenvalue weighted by Crippen LogP contribution is 1.94. The molecule has 43 heavy (non-hydrogen) atoms. The fraction of sp³-hybridized carbons (Fsp3) is 0.581. The van der Waals surface area contributed by atoms with Gasteiger partial charge >= 0.3 is 0 Å². The maximum Gasteiger partial charge on any atom is -0.0354 e. The lowest BCUT2D eigenvalue weighted by atomic mass is 10.2. The van der Waals surface area contributed by atoms with Crippen molar-refractivity contribution >= 4 is 0 Å². The van der Waals surface area contributed by atoms with E-state index in [1.807, 2.05) is 54.7 Å². The number of rotatable bonds is 18. The van der Waals surface area contributed by atoms with E-state index in [2.05, 4.69) is 100 Å². The Labute approximate surface area is 275 Å². The van der Waals surface area contributed by atoms with Crippen LogP contribution in [0.5, 0.6) is 0 Å². The average molecular weight is 597 g/mol. The van der Waals surface area contributed by atoms with Crippen LogP contribution in [0, 0.1) is 6.92 Å². The molecule has 0 saturated heterocycles. The van der Waals surface area contributed by atoms with Gasteiger partial charge in [0.25, 0.3) is 0 Å². The summed E-state index contributed by atoms with van der Waals surface area (Å²) in [6.45, 7) is 36.8. The molecule has 0 aliphatic carbocycles. The van der Waals surface area contributed by atoms with Gasteiger partial charge in [-0.25, -0.2) is 0 Å². The summed E-state index contributed by atoms with van der Waals surface area (Å²) in [7, 11) is 0. The van der Waals surface area contributed by atoms with Crippen molar-refractivity contribution in [3.05, 3.63) is 112 Å². The van der Waals surface area contributed by atoms with Gasteiger partial charge in [-0.1, -0.05) is 191 Å². The molecule has 0 unspecified atom stereocenters. The van der Waals surface area contributed by atoms with Crippen molar-refractivity contribution in [3.63, 3.8) is 0 Å². The first-order valence-electron chi connectivity index (χ1n) is 17.6. The van der Waals surface area contributed by atoms with Crippen LogP contribution in [0.3, 0.4) is 0 Å². The predicted octanol–water partition coefficient (Wildman–Crippen LogP) is 16.2. The Morgan fingerprint density at radius 2 is 0.558 bits per heavy atom. The summed E-state index contributed by atoms with van der Waals surface area (Å²) >= 11 is 0. The monoisotopic (exact) mass is 597 g/mol. The van der Waals surface area contributed by atoms with Crippen molar-refractivity contribution in [2.24, 2.45) is 0 Å². The third-order valence-corrected chi connectivity index (χ3v) is 5.51. The van der Waals surface area contributed by atoms with E-state index in [0.717, 1.165) is 0 Å². The number of unbranched alkanes of at least 4 members (excludes halogenated alkanes) is 12. The Bertz CT molecular complexity index is 499. The van der Waals surface area contributed by atoms with Crippen LogP contribution in [0.25, 0.3) is 0 Å². The molecule has 0 nitrogen and oxygen atoms in total. The number of aryl methyl sites for hydroxylation is 1. The normalized spacial score (nSPS) is 8.26. The van der Waals surface area contributed by atoms with E-state index in [1.165, 1.54) is 121 Å². The molecule has 0 spiro atoms. The summed E-state index contributed by atoms with van der Waals surface area (Å²) in [5, 5.41) is 0. The Hall–Kier alpha value is -2.34. The second kappa shape index (κ2) is 67.4. The molecule has 0 aliphatic rings. The van der Waals surface area contributed by atoms with Crippen molar-refractivity contribution in [2.45, 2.75) is 164 Å². The van der Waals surface area contributed by atoms with Crippen molar-refractivity contribution in [1.29, 1.82) is 0 Å². The molecule has 0 fully saturated rings. The summed E-state index contributed by atoms with van der Waals surface area (Å²) in [5.41, 5.74) is 1.32. The van der Waals surface area contributed by atoms with E-state index in [1.54, 1.807) is 0 Å². The van der Waals surface area contributed by atoms with Crippen LogP contribution >= 0.6 is 0 Å². The minimum atomic E-state index is 1.18. The largest absolute Gasteiger partial charge is 0.103 e. The van der Waals surface area contributed by atoms with Gasteiger partial charge in [0, 0.05) is 0 Å². The minimum absolute atomic E-state index is 1.18. The molecule has 0 heterocycles. The second-order valence-corrected chi connectivity index (χ2v) is 10.2. The third-order valence-electron chi connectivity index (χ3n) is 5.51. The summed E-state index contributed by atoms with van der Waals surface area (Å²) in [6, 6.07) is 10.3. The number of hydrogen-bond donors (Lipinski definition) is 0. The Kier molecular flexibility index (Phi) is 83.4. The maximum absolute atomic E-state index is 3.60. The Balaban J connectivity index is -0.0000000930. The second-order valence-electron chi connectivity index (χ2n) is 10.2. The van der Waals surface area contributed by atoms with Crippen LogP contribution in [-0.4, -0.2) is 0 Å². The van der Waals surface area contributed by atoms with Crippen molar-refractivity contribution in [3.8, 4) is 0 Å². The molecular formula is C43H80. The molecule has 0 bridgehead atoms. The topological polar surface area (TPSA) is 0 Å². The quantitative estimate of drug-likeness (QED) is 0.117. The zero-order chi connectivity index (χ0) is 34.1. The molecular weight excluding hydrogens is 516 g/mol. The number of allylic oxidation sites excluding steroid dienone is 6. The minimum Gasteiger partial charge on any atom is -0.103 e. The summed E-state index contributed by atoms with van der Waals surface area (Å²) in [6.07, 6.45) is 34.3. The molecule has 0 radical (unpaired) electrons. The maximum atomic E-state index is 3.60. The molecule has 0 N–H and O–H groups in total. The van der Waals surface area contributed by atoms with Crippen LogP contribution in [0.2, 0.25) is 0 Å². The highest BCUT2D eigenvalue weighted by atomic mass is 13.8. The first-order valence-corrected chi connectivity index (χ1v) is 17.6. The molecule has 0 saturated carbocycles. The van der Waals surface area contributed by atoms with Gasteiger partial charge in [-0.2, -0.15) is 0 Å². The molecule has 1 aromatic rings. The Morgan fingerprint density at radius 1 is 0.372 bits per heavy atom. The van der Waals surface area contributed by atoms with E-state index < -0.39 is 0 Å². The zero-order valence-electron chi connectivity index (χ0n) is 30.8. The predicted molar refractivity (Wildman–Crippen MR) is 210 cm³/mol. The first-order chi connectivity index (χ1) is 20.9. The standard InChI is InChI=1S/C7H8.6C6H12/c1-7-5-3-2-4-6-7;6*1-3-5-6-4-2/h2-6H,1H3;6*3H,1,4-6H2,2H3. The molecule has 0 atom stereocenters. The molecule has 0 amide bonds. The average Bonchev–Trinajstić information content (AvgIpc) is 3.04. The lowest BCUT2D eigenvalue weighted by Gasteiger charge is -1.82. The van der Waals surface area contributed by atoms with Gasteiger partial charge in [-0.15, -0.1) is 39.5 Å². The number of benzene rings is 1. The van der Waals surface area contributed by atoms with E-state index in [4.69, 9.17) is 0 Å². The summed E-state index contributed by atoms with van der Waals surface area (Å²) in [5.74, 6) is 0. The van der Waals surface area contributed by atoms with Crippen molar-refractivity contribution < 1.29 is 0 Å². The lowest BCUT2D eigenvalue weighted by molar-refractivity contribution is 0.816. The van der Waals surface area contributed by atoms with Gasteiger partial charge in [0.2, 0.25) is 0 Å². The van der Waals surface area contributed by atoms with Gasteiger partial charge in [0.05, 0.1) is 0 Å². The van der Waals surface area contributed by atoms with Gasteiger partial charge in [0.1, 0.15) is 0 Å². The first kappa shape index (κ1) is 53.2. The molecule has 1 aromatic carbocycles. The molecule has 0 heteroatoms. The highest BCUT2D eigenvalue weighted by molar-refractivity contribution is 5.11. The van der Waals surface area contributed by atoms with Crippen LogP contribution in [-0.2, 0) is 0 Å². The van der Waals surface area contributed by atoms with E-state index in [-0.39, 0.29) is 0 Å². The van der Waals surface area contributed by atoms with E-state index in [0.29, 0.717) is 0 Å². The van der Waals surface area contributed by atoms with Crippen LogP contribution in [0.15, 0.2) is 106 Å². The third kappa shape index (κ3) is 100. The molecule has 252 valence electrons. The van der Waals surface area contributed by atoms with Gasteiger partial charge in [-0.3, -0.25) is 0 Å². The van der Waals surface area contributed by atoms with Crippen LogP contribution in [0.1, 0.15) is 163 Å². The Morgan fingerprint density at radius 3 is 0.628 bits per heavy atom. The fourth-order valence-corrected chi connectivity index (χ4v) is 2.63. The summed E-state index contributed by atoms with van der Waals surface area (Å²) < 4.78 is 0. The van der Waals surface area contributed by atoms with Gasteiger partial charge < -0.3 is 0 Å². The fourth-order valence-electron chi connectivity index (χ4n) is 2.63. The van der Waals surface area contributed by atoms with Crippen molar-refractivity contribution in [1.82, 2.24) is 0 Å². The van der Waals surface area contributed by atoms with Gasteiger partial charge in [0.15, 0.2) is 0 Å². The molecule has 1 rings (SSSR count). The SMILES string of the molecule is C=CCCCC.C=CCCCC.C=CCCCC.C=CCCCC.C=CCCCC.C=CCCCC.Cc1ccccc1. The lowest BCUT2D eigenvalue weighted by Crippen LogP contribution is -1.62. The van der Waals surface area contributed by atoms with E-state index in [9.17, 15) is 0 Å². The number of hydrogen-bond acceptors (Lipinski definition) is 0. The highest BCUT2D eigenvalue weighted by Gasteiger charge is 1.74. The van der Waals surface area contributed by atoms with Gasteiger partial charge in [-0.05, 0) is 45.4 Å². The molecule has 0 aromatic heterocycles. The smallest absolute Gasteiger partial charge is 0.0354 e. The van der Waals surface area contributed by atoms with Crippen LogP contribution < -0.4 is 0 Å². The van der Waals surface area contributed by atoms with E-state index >= 15 is 0 Å². The van der Waals surface area contributed by atoms with Crippen LogP contribution in [0.4, 0.5) is 0 Å². The molecule has 0 aliphatic heterocycles. The zero-order valence-corrected chi connectivity index (χ0v) is 30.8. The van der Waals surface area contributed by atoms with Crippen molar-refractivity contribution in [2.75, 3.05) is 0 Å².